The fourth-order valence-electron chi connectivity index (χ4n) is 3.81. The molecule has 156 valence electrons. The third-order valence-corrected chi connectivity index (χ3v) is 5.34. The standard InChI is InChI=1S/C22H36N4O2/c1-3-23-22(24-12-15-27-17-21-7-5-14-28-21)25-19-6-4-13-26(16-19)20-10-8-18(2)9-11-20/h8-11,19,21H,3-7,12-17H2,1-2H3,(H2,23,24,25). The Labute approximate surface area is 169 Å². The van der Waals surface area contributed by atoms with Crippen molar-refractivity contribution in [3.05, 3.63) is 29.8 Å². The molecule has 0 aliphatic carbocycles. The Balaban J connectivity index is 1.44. The molecule has 2 aliphatic heterocycles. The highest BCUT2D eigenvalue weighted by Crippen LogP contribution is 2.20. The van der Waals surface area contributed by atoms with E-state index in [1.54, 1.807) is 0 Å². The summed E-state index contributed by atoms with van der Waals surface area (Å²) in [6, 6.07) is 9.23. The van der Waals surface area contributed by atoms with Crippen LogP contribution in [0.3, 0.4) is 0 Å². The quantitative estimate of drug-likeness (QED) is 0.407. The summed E-state index contributed by atoms with van der Waals surface area (Å²) in [4.78, 5) is 7.16. The summed E-state index contributed by atoms with van der Waals surface area (Å²) in [6.07, 6.45) is 4.91. The first-order valence-electron chi connectivity index (χ1n) is 10.8. The number of ether oxygens (including phenoxy) is 2. The maximum Gasteiger partial charge on any atom is 0.191 e. The second-order valence-corrected chi connectivity index (χ2v) is 7.74. The SMILES string of the molecule is CCNC(=NCCOCC1CCCO1)NC1CCCN(c2ccc(C)cc2)C1. The van der Waals surface area contributed by atoms with Crippen molar-refractivity contribution < 1.29 is 9.47 Å². The highest BCUT2D eigenvalue weighted by Gasteiger charge is 2.21. The number of nitrogens with zero attached hydrogens (tertiary/aromatic N) is 2. The third kappa shape index (κ3) is 6.67. The van der Waals surface area contributed by atoms with Crippen LogP contribution in [0, 0.1) is 6.92 Å². The minimum atomic E-state index is 0.283. The van der Waals surface area contributed by atoms with E-state index in [2.05, 4.69) is 53.6 Å². The Morgan fingerprint density at radius 2 is 2.11 bits per heavy atom. The van der Waals surface area contributed by atoms with Crippen LogP contribution in [0.25, 0.3) is 0 Å². The summed E-state index contributed by atoms with van der Waals surface area (Å²) >= 11 is 0. The monoisotopic (exact) mass is 388 g/mol. The summed E-state index contributed by atoms with van der Waals surface area (Å²) in [7, 11) is 0. The van der Waals surface area contributed by atoms with Gasteiger partial charge in [-0.3, -0.25) is 4.99 Å². The molecule has 6 nitrogen and oxygen atoms in total. The molecule has 0 amide bonds. The molecule has 1 aromatic carbocycles. The van der Waals surface area contributed by atoms with Crippen LogP contribution < -0.4 is 15.5 Å². The smallest absolute Gasteiger partial charge is 0.191 e. The van der Waals surface area contributed by atoms with E-state index in [1.165, 1.54) is 24.1 Å². The van der Waals surface area contributed by atoms with Gasteiger partial charge in [-0.05, 0) is 51.7 Å². The fourth-order valence-corrected chi connectivity index (χ4v) is 3.81. The first-order chi connectivity index (χ1) is 13.7. The largest absolute Gasteiger partial charge is 0.377 e. The van der Waals surface area contributed by atoms with Crippen molar-refractivity contribution in [1.29, 1.82) is 0 Å². The van der Waals surface area contributed by atoms with Crippen LogP contribution in [-0.2, 0) is 9.47 Å². The maximum atomic E-state index is 5.72. The van der Waals surface area contributed by atoms with Crippen LogP contribution >= 0.6 is 0 Å². The normalized spacial score (nSPS) is 23.1. The van der Waals surface area contributed by atoms with Gasteiger partial charge in [0.2, 0.25) is 0 Å². The molecule has 2 fully saturated rings. The molecule has 1 aromatic rings. The summed E-state index contributed by atoms with van der Waals surface area (Å²) in [5, 5.41) is 6.98. The number of hydrogen-bond acceptors (Lipinski definition) is 4. The van der Waals surface area contributed by atoms with Crippen LogP contribution in [0.5, 0.6) is 0 Å². The van der Waals surface area contributed by atoms with Crippen LogP contribution in [0.15, 0.2) is 29.3 Å². The number of aliphatic imine (C=N–C) groups is 1. The Kier molecular flexibility index (Phi) is 8.42. The Bertz CT molecular complexity index is 599. The molecular weight excluding hydrogens is 352 g/mol. The van der Waals surface area contributed by atoms with Gasteiger partial charge in [-0.25, -0.2) is 0 Å². The molecule has 0 aromatic heterocycles. The van der Waals surface area contributed by atoms with E-state index in [0.717, 1.165) is 45.0 Å². The van der Waals surface area contributed by atoms with E-state index >= 15 is 0 Å². The Morgan fingerprint density at radius 1 is 1.25 bits per heavy atom. The second kappa shape index (κ2) is 11.3. The van der Waals surface area contributed by atoms with Crippen molar-refractivity contribution in [2.75, 3.05) is 50.9 Å². The molecule has 28 heavy (non-hydrogen) atoms. The van der Waals surface area contributed by atoms with Crippen LogP contribution in [0.1, 0.15) is 38.2 Å². The molecule has 2 N–H and O–H groups in total. The predicted octanol–water partition coefficient (Wildman–Crippen LogP) is 2.71. The molecule has 2 atom stereocenters. The molecule has 0 radical (unpaired) electrons. The predicted molar refractivity (Wildman–Crippen MR) is 115 cm³/mol. The third-order valence-electron chi connectivity index (χ3n) is 5.34. The average Bonchev–Trinajstić information content (AvgIpc) is 3.22. The minimum absolute atomic E-state index is 0.283. The van der Waals surface area contributed by atoms with Gasteiger partial charge >= 0.3 is 0 Å². The zero-order valence-electron chi connectivity index (χ0n) is 17.5. The van der Waals surface area contributed by atoms with Gasteiger partial charge in [0.15, 0.2) is 5.96 Å². The molecule has 2 heterocycles. The highest BCUT2D eigenvalue weighted by atomic mass is 16.5. The lowest BCUT2D eigenvalue weighted by Crippen LogP contribution is -2.51. The molecule has 2 unspecified atom stereocenters. The topological polar surface area (TPSA) is 58.1 Å². The van der Waals surface area contributed by atoms with Crippen molar-refractivity contribution in [3.8, 4) is 0 Å². The van der Waals surface area contributed by atoms with Crippen molar-refractivity contribution in [2.24, 2.45) is 4.99 Å². The first-order valence-corrected chi connectivity index (χ1v) is 10.8. The number of rotatable bonds is 8. The zero-order chi connectivity index (χ0) is 19.6. The zero-order valence-corrected chi connectivity index (χ0v) is 17.5. The van der Waals surface area contributed by atoms with Crippen molar-refractivity contribution in [1.82, 2.24) is 10.6 Å². The number of guanidine groups is 1. The van der Waals surface area contributed by atoms with Gasteiger partial charge in [-0.2, -0.15) is 0 Å². The average molecular weight is 389 g/mol. The first kappa shape index (κ1) is 20.9. The van der Waals surface area contributed by atoms with Crippen molar-refractivity contribution in [2.45, 2.75) is 51.7 Å². The van der Waals surface area contributed by atoms with E-state index in [0.29, 0.717) is 25.8 Å². The lowest BCUT2D eigenvalue weighted by molar-refractivity contribution is 0.0200. The van der Waals surface area contributed by atoms with Gasteiger partial charge in [0, 0.05) is 38.0 Å². The number of benzene rings is 1. The van der Waals surface area contributed by atoms with E-state index in [-0.39, 0.29) is 6.10 Å². The molecule has 0 spiro atoms. The molecule has 0 saturated carbocycles. The van der Waals surface area contributed by atoms with Crippen molar-refractivity contribution >= 4 is 11.6 Å². The fraction of sp³-hybridized carbons (Fsp3) is 0.682. The second-order valence-electron chi connectivity index (χ2n) is 7.74. The van der Waals surface area contributed by atoms with E-state index < -0.39 is 0 Å². The lowest BCUT2D eigenvalue weighted by atomic mass is 10.0. The van der Waals surface area contributed by atoms with Crippen LogP contribution in [0.2, 0.25) is 0 Å². The van der Waals surface area contributed by atoms with Gasteiger partial charge in [0.1, 0.15) is 0 Å². The van der Waals surface area contributed by atoms with Gasteiger partial charge in [0.05, 0.1) is 25.9 Å². The lowest BCUT2D eigenvalue weighted by Gasteiger charge is -2.35. The van der Waals surface area contributed by atoms with Gasteiger partial charge in [0.25, 0.3) is 0 Å². The van der Waals surface area contributed by atoms with Gasteiger partial charge in [-0.15, -0.1) is 0 Å². The summed E-state index contributed by atoms with van der Waals surface area (Å²) in [5.41, 5.74) is 2.61. The van der Waals surface area contributed by atoms with Crippen molar-refractivity contribution in [3.63, 3.8) is 0 Å². The van der Waals surface area contributed by atoms with E-state index in [9.17, 15) is 0 Å². The summed E-state index contributed by atoms with van der Waals surface area (Å²) < 4.78 is 11.3. The molecule has 3 rings (SSSR count). The minimum Gasteiger partial charge on any atom is -0.377 e. The Morgan fingerprint density at radius 3 is 2.86 bits per heavy atom. The molecule has 0 bridgehead atoms. The summed E-state index contributed by atoms with van der Waals surface area (Å²) in [5.74, 6) is 0.888. The molecule has 2 aliphatic rings. The number of hydrogen-bond donors (Lipinski definition) is 2. The van der Waals surface area contributed by atoms with Crippen LogP contribution in [-0.4, -0.2) is 64.1 Å². The number of piperidine rings is 1. The Hall–Kier alpha value is -1.79. The molecule has 6 heteroatoms. The van der Waals surface area contributed by atoms with Gasteiger partial charge in [-0.1, -0.05) is 17.7 Å². The summed E-state index contributed by atoms with van der Waals surface area (Å²) in [6.45, 7) is 10.1. The molecule has 2 saturated heterocycles. The van der Waals surface area contributed by atoms with E-state index in [1.807, 2.05) is 0 Å². The van der Waals surface area contributed by atoms with Gasteiger partial charge < -0.3 is 25.0 Å². The van der Waals surface area contributed by atoms with E-state index in [4.69, 9.17) is 14.5 Å². The number of aryl methyl sites for hydroxylation is 1. The number of anilines is 1. The maximum absolute atomic E-state index is 5.72. The van der Waals surface area contributed by atoms with Crippen LogP contribution in [0.4, 0.5) is 5.69 Å². The number of nitrogens with one attached hydrogen (secondary N) is 2. The molecular formula is C22H36N4O2. The highest BCUT2D eigenvalue weighted by molar-refractivity contribution is 5.80.